The minimum absolute atomic E-state index is 0.481. The molecule has 1 atom stereocenters. The molecule has 0 saturated heterocycles. The van der Waals surface area contributed by atoms with Crippen molar-refractivity contribution in [3.63, 3.8) is 0 Å². The molecule has 1 aliphatic rings. The summed E-state index contributed by atoms with van der Waals surface area (Å²) in [6.45, 7) is 7.28. The third-order valence-corrected chi connectivity index (χ3v) is 4.22. The van der Waals surface area contributed by atoms with Crippen molar-refractivity contribution < 1.29 is 0 Å². The van der Waals surface area contributed by atoms with Gasteiger partial charge in [0, 0.05) is 25.7 Å². The molecule has 0 unspecified atom stereocenters. The van der Waals surface area contributed by atoms with Gasteiger partial charge in [0.15, 0.2) is 4.77 Å². The lowest BCUT2D eigenvalue weighted by molar-refractivity contribution is 0.210. The van der Waals surface area contributed by atoms with Crippen molar-refractivity contribution in [3.8, 4) is 0 Å². The summed E-state index contributed by atoms with van der Waals surface area (Å²) in [5.74, 6) is 0. The Morgan fingerprint density at radius 2 is 2.32 bits per heavy atom. The molecule has 1 aromatic carbocycles. The van der Waals surface area contributed by atoms with E-state index in [1.165, 1.54) is 11.1 Å². The van der Waals surface area contributed by atoms with Crippen molar-refractivity contribution >= 4 is 23.3 Å². The van der Waals surface area contributed by atoms with Crippen molar-refractivity contribution in [2.75, 3.05) is 6.54 Å². The molecule has 0 bridgehead atoms. The SMILES string of the molecule is C/C=C/CN1Cc2cccc3[nH]c(=S)n(c23)C[C@@H]1C. The van der Waals surface area contributed by atoms with Crippen LogP contribution >= 0.6 is 12.2 Å². The molecule has 0 amide bonds. The van der Waals surface area contributed by atoms with Gasteiger partial charge in [-0.2, -0.15) is 0 Å². The van der Waals surface area contributed by atoms with Crippen LogP contribution in [0.2, 0.25) is 0 Å². The van der Waals surface area contributed by atoms with Crippen LogP contribution in [-0.4, -0.2) is 27.0 Å². The van der Waals surface area contributed by atoms with E-state index in [-0.39, 0.29) is 0 Å². The van der Waals surface area contributed by atoms with Crippen LogP contribution in [-0.2, 0) is 13.1 Å². The Morgan fingerprint density at radius 1 is 1.47 bits per heavy atom. The molecular weight excluding hydrogens is 254 g/mol. The van der Waals surface area contributed by atoms with Gasteiger partial charge in [0.25, 0.3) is 0 Å². The highest BCUT2D eigenvalue weighted by molar-refractivity contribution is 7.71. The molecule has 19 heavy (non-hydrogen) atoms. The Hall–Kier alpha value is -1.39. The van der Waals surface area contributed by atoms with E-state index in [0.29, 0.717) is 6.04 Å². The van der Waals surface area contributed by atoms with Crippen LogP contribution in [0.3, 0.4) is 0 Å². The number of aromatic amines is 1. The largest absolute Gasteiger partial charge is 0.331 e. The van der Waals surface area contributed by atoms with Gasteiger partial charge < -0.3 is 9.55 Å². The molecule has 0 spiro atoms. The number of rotatable bonds is 2. The van der Waals surface area contributed by atoms with Gasteiger partial charge in [-0.1, -0.05) is 24.3 Å². The van der Waals surface area contributed by atoms with Gasteiger partial charge >= 0.3 is 0 Å². The maximum absolute atomic E-state index is 5.46. The Morgan fingerprint density at radius 3 is 3.11 bits per heavy atom. The Balaban J connectivity index is 2.11. The molecule has 3 rings (SSSR count). The molecule has 1 aliphatic heterocycles. The predicted molar refractivity (Wildman–Crippen MR) is 81.8 cm³/mol. The van der Waals surface area contributed by atoms with Crippen LogP contribution in [0.4, 0.5) is 0 Å². The van der Waals surface area contributed by atoms with E-state index >= 15 is 0 Å². The van der Waals surface area contributed by atoms with Gasteiger partial charge in [-0.15, -0.1) is 0 Å². The molecule has 4 heteroatoms. The maximum Gasteiger partial charge on any atom is 0.178 e. The van der Waals surface area contributed by atoms with E-state index in [2.05, 4.69) is 58.6 Å². The van der Waals surface area contributed by atoms with E-state index < -0.39 is 0 Å². The number of aromatic nitrogens is 2. The molecule has 1 aromatic heterocycles. The third-order valence-electron chi connectivity index (χ3n) is 3.90. The standard InChI is InChI=1S/C15H19N3S/c1-3-4-8-17-10-12-6-5-7-13-14(12)18(9-11(17)2)15(19)16-13/h3-7,11H,8-10H2,1-2H3,(H,16,19)/b4-3+/t11-/m0/s1. The van der Waals surface area contributed by atoms with Crippen LogP contribution in [0.5, 0.6) is 0 Å². The molecule has 100 valence electrons. The highest BCUT2D eigenvalue weighted by Crippen LogP contribution is 2.25. The van der Waals surface area contributed by atoms with E-state index in [1.54, 1.807) is 0 Å². The first-order valence-electron chi connectivity index (χ1n) is 6.76. The first kappa shape index (κ1) is 12.6. The second kappa shape index (κ2) is 4.94. The number of para-hydroxylation sites is 1. The summed E-state index contributed by atoms with van der Waals surface area (Å²) in [7, 11) is 0. The highest BCUT2D eigenvalue weighted by Gasteiger charge is 2.21. The summed E-state index contributed by atoms with van der Waals surface area (Å²) >= 11 is 5.46. The number of hydrogen-bond acceptors (Lipinski definition) is 2. The molecule has 0 fully saturated rings. The Kier molecular flexibility index (Phi) is 3.29. The second-order valence-corrected chi connectivity index (χ2v) is 5.59. The van der Waals surface area contributed by atoms with Crippen LogP contribution in [0.1, 0.15) is 19.4 Å². The van der Waals surface area contributed by atoms with Crippen molar-refractivity contribution in [1.29, 1.82) is 0 Å². The topological polar surface area (TPSA) is 24.0 Å². The number of H-pyrrole nitrogens is 1. The third kappa shape index (κ3) is 2.15. The molecule has 2 aromatic rings. The molecular formula is C15H19N3S. The van der Waals surface area contributed by atoms with Crippen LogP contribution in [0, 0.1) is 4.77 Å². The molecule has 1 N–H and O–H groups in total. The fraction of sp³-hybridized carbons (Fsp3) is 0.400. The zero-order valence-corrected chi connectivity index (χ0v) is 12.2. The van der Waals surface area contributed by atoms with E-state index in [9.17, 15) is 0 Å². The van der Waals surface area contributed by atoms with Crippen molar-refractivity contribution in [2.45, 2.75) is 33.0 Å². The zero-order valence-electron chi connectivity index (χ0n) is 11.4. The van der Waals surface area contributed by atoms with Gasteiger partial charge in [-0.05, 0) is 37.7 Å². The number of nitrogens with one attached hydrogen (secondary N) is 1. The highest BCUT2D eigenvalue weighted by atomic mass is 32.1. The minimum atomic E-state index is 0.481. The number of benzene rings is 1. The molecule has 3 nitrogen and oxygen atoms in total. The molecule has 2 heterocycles. The maximum atomic E-state index is 5.46. The van der Waals surface area contributed by atoms with Crippen molar-refractivity contribution in [2.24, 2.45) is 0 Å². The minimum Gasteiger partial charge on any atom is -0.331 e. The number of imidazole rings is 1. The summed E-state index contributed by atoms with van der Waals surface area (Å²) in [5.41, 5.74) is 3.80. The normalized spacial score (nSPS) is 20.2. The summed E-state index contributed by atoms with van der Waals surface area (Å²) in [4.78, 5) is 5.81. The average molecular weight is 273 g/mol. The van der Waals surface area contributed by atoms with Gasteiger partial charge in [0.2, 0.25) is 0 Å². The van der Waals surface area contributed by atoms with E-state index in [4.69, 9.17) is 12.2 Å². The lowest BCUT2D eigenvalue weighted by Crippen LogP contribution is -2.34. The first-order chi connectivity index (χ1) is 9.20. The fourth-order valence-electron chi connectivity index (χ4n) is 2.84. The average Bonchev–Trinajstić information content (AvgIpc) is 2.63. The second-order valence-electron chi connectivity index (χ2n) is 5.20. The molecule has 0 saturated carbocycles. The Labute approximate surface area is 118 Å². The summed E-state index contributed by atoms with van der Waals surface area (Å²) in [6, 6.07) is 6.91. The fourth-order valence-corrected chi connectivity index (χ4v) is 3.11. The van der Waals surface area contributed by atoms with Gasteiger partial charge in [0.05, 0.1) is 11.0 Å². The van der Waals surface area contributed by atoms with E-state index in [0.717, 1.165) is 29.9 Å². The lowest BCUT2D eigenvalue weighted by atomic mass is 10.1. The number of nitrogens with zero attached hydrogens (tertiary/aromatic N) is 2. The Bertz CT molecular complexity index is 680. The van der Waals surface area contributed by atoms with Gasteiger partial charge in [-0.25, -0.2) is 0 Å². The van der Waals surface area contributed by atoms with Gasteiger partial charge in [0.1, 0.15) is 0 Å². The lowest BCUT2D eigenvalue weighted by Gasteiger charge is -2.25. The summed E-state index contributed by atoms with van der Waals surface area (Å²) in [6.07, 6.45) is 4.34. The number of hydrogen-bond donors (Lipinski definition) is 1. The van der Waals surface area contributed by atoms with E-state index in [1.807, 2.05) is 0 Å². The van der Waals surface area contributed by atoms with Gasteiger partial charge in [-0.3, -0.25) is 4.90 Å². The monoisotopic (exact) mass is 273 g/mol. The predicted octanol–water partition coefficient (Wildman–Crippen LogP) is 3.48. The van der Waals surface area contributed by atoms with Crippen LogP contribution < -0.4 is 0 Å². The molecule has 0 radical (unpaired) electrons. The summed E-state index contributed by atoms with van der Waals surface area (Å²) < 4.78 is 3.09. The summed E-state index contributed by atoms with van der Waals surface area (Å²) in [5, 5.41) is 0. The van der Waals surface area contributed by atoms with Crippen molar-refractivity contribution in [3.05, 3.63) is 40.7 Å². The quantitative estimate of drug-likeness (QED) is 0.669. The number of allylic oxidation sites excluding steroid dienone is 1. The van der Waals surface area contributed by atoms with Crippen molar-refractivity contribution in [1.82, 2.24) is 14.5 Å². The van der Waals surface area contributed by atoms with Crippen LogP contribution in [0.25, 0.3) is 11.0 Å². The first-order valence-corrected chi connectivity index (χ1v) is 7.17. The van der Waals surface area contributed by atoms with Crippen LogP contribution in [0.15, 0.2) is 30.4 Å². The molecule has 0 aliphatic carbocycles. The zero-order chi connectivity index (χ0) is 13.4. The smallest absolute Gasteiger partial charge is 0.178 e.